The molecule has 0 radical (unpaired) electrons. The van der Waals surface area contributed by atoms with Crippen LogP contribution in [-0.4, -0.2) is 24.3 Å². The number of epoxide rings is 1. The van der Waals surface area contributed by atoms with E-state index in [1.807, 2.05) is 0 Å². The van der Waals surface area contributed by atoms with Crippen molar-refractivity contribution in [1.82, 2.24) is 0 Å². The van der Waals surface area contributed by atoms with Gasteiger partial charge in [0.25, 0.3) is 0 Å². The lowest BCUT2D eigenvalue weighted by atomic mass is 9.60. The van der Waals surface area contributed by atoms with Gasteiger partial charge in [-0.1, -0.05) is 13.8 Å². The highest BCUT2D eigenvalue weighted by molar-refractivity contribution is 5.79. The Morgan fingerprint density at radius 3 is 2.22 bits per heavy atom. The monoisotopic (exact) mass is 366 g/mol. The van der Waals surface area contributed by atoms with Crippen molar-refractivity contribution in [2.24, 2.45) is 75.4 Å². The number of hydrogen-bond donors (Lipinski definition) is 0. The van der Waals surface area contributed by atoms with Crippen LogP contribution in [0.2, 0.25) is 0 Å². The summed E-state index contributed by atoms with van der Waals surface area (Å²) in [5, 5.41) is 0. The summed E-state index contributed by atoms with van der Waals surface area (Å²) in [6.07, 6.45) is 5.27. The molecule has 9 fully saturated rings. The summed E-state index contributed by atoms with van der Waals surface area (Å²) in [5.41, 5.74) is 0.961. The molecule has 2 spiro atoms. The molecule has 8 saturated carbocycles. The quantitative estimate of drug-likeness (QED) is 0.526. The molecule has 0 bridgehead atoms. The van der Waals surface area contributed by atoms with Gasteiger partial charge in [0.15, 0.2) is 0 Å². The van der Waals surface area contributed by atoms with Crippen molar-refractivity contribution in [3.05, 3.63) is 0 Å². The van der Waals surface area contributed by atoms with Gasteiger partial charge in [-0.05, 0) is 91.8 Å². The van der Waals surface area contributed by atoms with E-state index in [0.29, 0.717) is 22.7 Å². The van der Waals surface area contributed by atoms with Crippen molar-refractivity contribution < 1.29 is 14.3 Å². The maximum atomic E-state index is 13.4. The lowest BCUT2D eigenvalue weighted by Gasteiger charge is -2.41. The van der Waals surface area contributed by atoms with Crippen molar-refractivity contribution in [3.63, 3.8) is 0 Å². The number of methoxy groups -OCH3 is 1. The molecule has 0 amide bonds. The van der Waals surface area contributed by atoms with Crippen LogP contribution in [0.1, 0.15) is 46.5 Å². The molecule has 144 valence electrons. The molecule has 3 nitrogen and oxygen atoms in total. The van der Waals surface area contributed by atoms with E-state index >= 15 is 0 Å². The fourth-order valence-corrected chi connectivity index (χ4v) is 14.4. The van der Waals surface area contributed by atoms with Gasteiger partial charge in [0.2, 0.25) is 0 Å². The van der Waals surface area contributed by atoms with Crippen LogP contribution >= 0.6 is 0 Å². The van der Waals surface area contributed by atoms with Gasteiger partial charge in [0, 0.05) is 10.8 Å². The third-order valence-corrected chi connectivity index (χ3v) is 13.7. The number of rotatable bonds is 1. The summed E-state index contributed by atoms with van der Waals surface area (Å²) in [6, 6.07) is 0. The first-order valence-electron chi connectivity index (χ1n) is 11.6. The maximum Gasteiger partial charge on any atom is 0.312 e. The highest BCUT2D eigenvalue weighted by Gasteiger charge is 3.06. The van der Waals surface area contributed by atoms with Gasteiger partial charge < -0.3 is 9.47 Å². The molecular weight excluding hydrogens is 336 g/mol. The van der Waals surface area contributed by atoms with Gasteiger partial charge in [-0.15, -0.1) is 0 Å². The van der Waals surface area contributed by atoms with Gasteiger partial charge >= 0.3 is 5.97 Å². The molecule has 9 rings (SSSR count). The van der Waals surface area contributed by atoms with Gasteiger partial charge in [-0.3, -0.25) is 4.79 Å². The molecule has 27 heavy (non-hydrogen) atoms. The van der Waals surface area contributed by atoms with Crippen molar-refractivity contribution in [2.75, 3.05) is 7.11 Å². The molecule has 0 unspecified atom stereocenters. The van der Waals surface area contributed by atoms with Crippen molar-refractivity contribution in [2.45, 2.75) is 57.7 Å². The normalized spacial score (nSPS) is 81.5. The zero-order valence-electron chi connectivity index (χ0n) is 16.8. The second-order valence-electron chi connectivity index (χ2n) is 12.9. The SMILES string of the molecule is COC(=O)[C@@]1(C)[C@@H]2[C@H]3CC[C@]4(C)[C@@H]3[C@@H]3[C@H]2[C@@H]2[C@@H]1[C@H]1CC[C@]56O[C@@]45[C@@]3(C)[C@@H]2[C@@H]16. The second-order valence-corrected chi connectivity index (χ2v) is 12.9. The fraction of sp³-hybridized carbons (Fsp3) is 0.958. The van der Waals surface area contributed by atoms with E-state index in [1.165, 1.54) is 25.7 Å². The third-order valence-electron chi connectivity index (χ3n) is 13.7. The first-order valence-corrected chi connectivity index (χ1v) is 11.6. The Balaban J connectivity index is 1.43. The van der Waals surface area contributed by atoms with Gasteiger partial charge in [-0.25, -0.2) is 0 Å². The van der Waals surface area contributed by atoms with Crippen LogP contribution in [0.3, 0.4) is 0 Å². The summed E-state index contributed by atoms with van der Waals surface area (Å²) in [6.45, 7) is 7.67. The minimum Gasteiger partial charge on any atom is -0.469 e. The minimum absolute atomic E-state index is 0.131. The van der Waals surface area contributed by atoms with Crippen molar-refractivity contribution >= 4 is 5.97 Å². The fourth-order valence-electron chi connectivity index (χ4n) is 14.4. The largest absolute Gasteiger partial charge is 0.469 e. The third kappa shape index (κ3) is 0.821. The lowest BCUT2D eigenvalue weighted by Crippen LogP contribution is -2.48. The zero-order chi connectivity index (χ0) is 18.1. The van der Waals surface area contributed by atoms with Crippen LogP contribution in [-0.2, 0) is 14.3 Å². The summed E-state index contributed by atoms with van der Waals surface area (Å²) in [5.74, 6) is 7.59. The molecule has 9 aliphatic rings. The average molecular weight is 367 g/mol. The standard InChI is InChI=1S/C24H30O3/c1-20-7-5-9-13-11-12-14(21(13,2)19(25)26-4)10-6-8-23-16(10)18(12)22(3,17(11)15(9)20)24(20,23)27-23/h9-18H,5-8H2,1-4H3/t9-,10-,11+,12-,13-,14+,15+,16-,17+,18+,20-,21+,22-,23-,24-/m1/s1. The predicted octanol–water partition coefficient (Wildman–Crippen LogP) is 3.52. The summed E-state index contributed by atoms with van der Waals surface area (Å²) in [4.78, 5) is 13.4. The van der Waals surface area contributed by atoms with E-state index in [4.69, 9.17) is 9.47 Å². The van der Waals surface area contributed by atoms with Crippen molar-refractivity contribution in [1.29, 1.82) is 0 Å². The van der Waals surface area contributed by atoms with Crippen LogP contribution in [0.25, 0.3) is 0 Å². The Bertz CT molecular complexity index is 898. The van der Waals surface area contributed by atoms with Crippen LogP contribution in [0.5, 0.6) is 0 Å². The lowest BCUT2D eigenvalue weighted by molar-refractivity contribution is -0.160. The van der Waals surface area contributed by atoms with Crippen LogP contribution in [0.15, 0.2) is 0 Å². The molecule has 1 heterocycles. The van der Waals surface area contributed by atoms with Gasteiger partial charge in [0.05, 0.1) is 12.5 Å². The molecule has 15 atom stereocenters. The molecule has 3 heteroatoms. The molecule has 0 N–H and O–H groups in total. The summed E-state index contributed by atoms with van der Waals surface area (Å²) < 4.78 is 12.7. The van der Waals surface area contributed by atoms with Crippen LogP contribution in [0, 0.1) is 75.4 Å². The molecule has 0 aromatic rings. The van der Waals surface area contributed by atoms with E-state index < -0.39 is 0 Å². The van der Waals surface area contributed by atoms with Gasteiger partial charge in [0.1, 0.15) is 11.2 Å². The number of esters is 1. The van der Waals surface area contributed by atoms with Gasteiger partial charge in [-0.2, -0.15) is 0 Å². The predicted molar refractivity (Wildman–Crippen MR) is 96.3 cm³/mol. The molecular formula is C24H30O3. The summed E-state index contributed by atoms with van der Waals surface area (Å²) >= 11 is 0. The van der Waals surface area contributed by atoms with E-state index in [0.717, 1.165) is 47.3 Å². The highest BCUT2D eigenvalue weighted by Crippen LogP contribution is 3.02. The van der Waals surface area contributed by atoms with E-state index in [-0.39, 0.29) is 22.6 Å². The summed E-state index contributed by atoms with van der Waals surface area (Å²) in [7, 11) is 1.64. The minimum atomic E-state index is -0.232. The number of ether oxygens (including phenoxy) is 2. The molecule has 0 aromatic heterocycles. The maximum absolute atomic E-state index is 13.4. The number of hydrogen-bond acceptors (Lipinski definition) is 3. The zero-order valence-corrected chi connectivity index (χ0v) is 16.8. The van der Waals surface area contributed by atoms with Crippen molar-refractivity contribution in [3.8, 4) is 0 Å². The van der Waals surface area contributed by atoms with Crippen LogP contribution < -0.4 is 0 Å². The number of carbonyl (C=O) groups is 1. The highest BCUT2D eigenvalue weighted by atomic mass is 16.6. The van der Waals surface area contributed by atoms with E-state index in [1.54, 1.807) is 7.11 Å². The van der Waals surface area contributed by atoms with Crippen LogP contribution in [0.4, 0.5) is 0 Å². The first kappa shape index (κ1) is 14.4. The number of fused-ring (bicyclic) bond motifs is 2. The molecule has 8 aliphatic carbocycles. The Kier molecular flexibility index (Phi) is 1.73. The second kappa shape index (κ2) is 3.24. The van der Waals surface area contributed by atoms with E-state index in [9.17, 15) is 4.79 Å². The smallest absolute Gasteiger partial charge is 0.312 e. The Hall–Kier alpha value is -0.570. The topological polar surface area (TPSA) is 38.8 Å². The Morgan fingerprint density at radius 2 is 1.52 bits per heavy atom. The Morgan fingerprint density at radius 1 is 0.889 bits per heavy atom. The first-order chi connectivity index (χ1) is 12.9. The van der Waals surface area contributed by atoms with E-state index in [2.05, 4.69) is 20.8 Å². The Labute approximate surface area is 160 Å². The number of carbonyl (C=O) groups excluding carboxylic acids is 1. The molecule has 1 saturated heterocycles. The average Bonchev–Trinajstić information content (AvgIpc) is 3.21. The molecule has 1 aliphatic heterocycles. The molecule has 0 aromatic carbocycles.